The molecular formula is C15H23BrN4O. The average Bonchev–Trinajstić information content (AvgIpc) is 3.27. The number of rotatable bonds is 5. The van der Waals surface area contributed by atoms with E-state index < -0.39 is 0 Å². The molecule has 0 bridgehead atoms. The van der Waals surface area contributed by atoms with Crippen LogP contribution >= 0.6 is 15.9 Å². The highest BCUT2D eigenvalue weighted by Gasteiger charge is 2.28. The van der Waals surface area contributed by atoms with Gasteiger partial charge in [-0.1, -0.05) is 0 Å². The van der Waals surface area contributed by atoms with E-state index in [0.717, 1.165) is 49.4 Å². The first kappa shape index (κ1) is 15.1. The maximum atomic E-state index is 12.6. The van der Waals surface area contributed by atoms with Crippen molar-refractivity contribution in [2.75, 3.05) is 46.3 Å². The van der Waals surface area contributed by atoms with E-state index in [4.69, 9.17) is 0 Å². The fourth-order valence-corrected chi connectivity index (χ4v) is 3.23. The second kappa shape index (κ2) is 6.50. The van der Waals surface area contributed by atoms with Gasteiger partial charge >= 0.3 is 0 Å². The van der Waals surface area contributed by atoms with Gasteiger partial charge in [-0.3, -0.25) is 9.69 Å². The Kier molecular flexibility index (Phi) is 4.66. The molecule has 116 valence electrons. The number of nitrogens with zero attached hydrogens (tertiary/aromatic N) is 3. The van der Waals surface area contributed by atoms with Crippen LogP contribution in [0.15, 0.2) is 16.7 Å². The van der Waals surface area contributed by atoms with Crippen LogP contribution in [0.5, 0.6) is 0 Å². The number of piperazine rings is 1. The Morgan fingerprint density at radius 3 is 2.81 bits per heavy atom. The summed E-state index contributed by atoms with van der Waals surface area (Å²) < 4.78 is 3.13. The highest BCUT2D eigenvalue weighted by molar-refractivity contribution is 9.10. The van der Waals surface area contributed by atoms with Gasteiger partial charge in [0.15, 0.2) is 0 Å². The van der Waals surface area contributed by atoms with Crippen molar-refractivity contribution in [1.82, 2.24) is 19.7 Å². The fourth-order valence-electron chi connectivity index (χ4n) is 2.80. The quantitative estimate of drug-likeness (QED) is 0.872. The number of hydrogen-bond donors (Lipinski definition) is 1. The molecule has 2 fully saturated rings. The largest absolute Gasteiger partial charge is 0.339 e. The molecule has 1 N–H and O–H groups in total. The molecule has 1 saturated carbocycles. The van der Waals surface area contributed by atoms with E-state index in [1.807, 2.05) is 24.2 Å². The molecule has 6 heteroatoms. The van der Waals surface area contributed by atoms with Crippen LogP contribution in [0.25, 0.3) is 0 Å². The van der Waals surface area contributed by atoms with Crippen LogP contribution in [-0.4, -0.2) is 66.6 Å². The van der Waals surface area contributed by atoms with E-state index in [0.29, 0.717) is 6.04 Å². The SMILES string of the molecule is CN(CCN1CCNCC1)C(=O)c1cc(Br)cn1C1CC1. The summed E-state index contributed by atoms with van der Waals surface area (Å²) >= 11 is 3.49. The molecule has 1 aromatic heterocycles. The van der Waals surface area contributed by atoms with Crippen LogP contribution in [0.3, 0.4) is 0 Å². The lowest BCUT2D eigenvalue weighted by molar-refractivity contribution is 0.0764. The Hall–Kier alpha value is -0.850. The van der Waals surface area contributed by atoms with Gasteiger partial charge in [0.05, 0.1) is 0 Å². The van der Waals surface area contributed by atoms with Gasteiger partial charge < -0.3 is 14.8 Å². The zero-order valence-electron chi connectivity index (χ0n) is 12.5. The number of nitrogens with one attached hydrogen (secondary N) is 1. The molecule has 0 aromatic carbocycles. The minimum absolute atomic E-state index is 0.128. The predicted molar refractivity (Wildman–Crippen MR) is 86.7 cm³/mol. The fraction of sp³-hybridized carbons (Fsp3) is 0.667. The van der Waals surface area contributed by atoms with Crippen molar-refractivity contribution in [3.63, 3.8) is 0 Å². The van der Waals surface area contributed by atoms with Crippen LogP contribution in [0.2, 0.25) is 0 Å². The summed E-state index contributed by atoms with van der Waals surface area (Å²) in [5.74, 6) is 0.128. The van der Waals surface area contributed by atoms with Crippen LogP contribution < -0.4 is 5.32 Å². The summed E-state index contributed by atoms with van der Waals surface area (Å²) in [6.45, 7) is 5.99. The Morgan fingerprint density at radius 2 is 2.14 bits per heavy atom. The van der Waals surface area contributed by atoms with Crippen molar-refractivity contribution in [2.45, 2.75) is 18.9 Å². The molecule has 0 atom stereocenters. The van der Waals surface area contributed by atoms with Gasteiger partial charge in [-0.15, -0.1) is 0 Å². The molecular weight excluding hydrogens is 332 g/mol. The maximum Gasteiger partial charge on any atom is 0.270 e. The molecule has 1 aliphatic carbocycles. The molecule has 0 spiro atoms. The van der Waals surface area contributed by atoms with Crippen molar-refractivity contribution in [1.29, 1.82) is 0 Å². The molecule has 1 aliphatic heterocycles. The van der Waals surface area contributed by atoms with Crippen LogP contribution in [0.4, 0.5) is 0 Å². The highest BCUT2D eigenvalue weighted by Crippen LogP contribution is 2.37. The number of hydrogen-bond acceptors (Lipinski definition) is 3. The molecule has 0 radical (unpaired) electrons. The third-order valence-corrected chi connectivity index (χ3v) is 4.72. The lowest BCUT2D eigenvalue weighted by Gasteiger charge is -2.29. The Bertz CT molecular complexity index is 506. The first-order valence-corrected chi connectivity index (χ1v) is 8.50. The number of amides is 1. The van der Waals surface area contributed by atoms with E-state index in [1.54, 1.807) is 0 Å². The Labute approximate surface area is 134 Å². The minimum atomic E-state index is 0.128. The molecule has 5 nitrogen and oxygen atoms in total. The van der Waals surface area contributed by atoms with Crippen LogP contribution in [0, 0.1) is 0 Å². The summed E-state index contributed by atoms with van der Waals surface area (Å²) in [4.78, 5) is 16.9. The van der Waals surface area contributed by atoms with Gasteiger partial charge in [-0.25, -0.2) is 0 Å². The lowest BCUT2D eigenvalue weighted by atomic mass is 10.3. The average molecular weight is 355 g/mol. The number of carbonyl (C=O) groups is 1. The first-order valence-electron chi connectivity index (χ1n) is 7.71. The molecule has 1 amide bonds. The summed E-state index contributed by atoms with van der Waals surface area (Å²) in [5, 5.41) is 3.35. The Morgan fingerprint density at radius 1 is 1.43 bits per heavy atom. The standard InChI is InChI=1S/C15H23BrN4O/c1-18(8-9-19-6-4-17-5-7-19)15(21)14-10-12(16)11-20(14)13-2-3-13/h10-11,13,17H,2-9H2,1H3. The van der Waals surface area contributed by atoms with Crippen molar-refractivity contribution in [2.24, 2.45) is 0 Å². The zero-order chi connectivity index (χ0) is 14.8. The van der Waals surface area contributed by atoms with Gasteiger partial charge in [0.2, 0.25) is 0 Å². The molecule has 3 rings (SSSR count). The monoisotopic (exact) mass is 354 g/mol. The topological polar surface area (TPSA) is 40.5 Å². The van der Waals surface area contributed by atoms with Gasteiger partial charge in [0.25, 0.3) is 5.91 Å². The second-order valence-corrected chi connectivity index (χ2v) is 6.92. The molecule has 2 heterocycles. The third-order valence-electron chi connectivity index (χ3n) is 4.28. The van der Waals surface area contributed by atoms with E-state index in [9.17, 15) is 4.79 Å². The number of aromatic nitrogens is 1. The molecule has 21 heavy (non-hydrogen) atoms. The minimum Gasteiger partial charge on any atom is -0.339 e. The van der Waals surface area contributed by atoms with Gasteiger partial charge in [-0.05, 0) is 34.8 Å². The lowest BCUT2D eigenvalue weighted by Crippen LogP contribution is -2.46. The van der Waals surface area contributed by atoms with Crippen molar-refractivity contribution in [3.05, 3.63) is 22.4 Å². The molecule has 1 aromatic rings. The third kappa shape index (κ3) is 3.67. The molecule has 1 saturated heterocycles. The Balaban J connectivity index is 1.58. The van der Waals surface area contributed by atoms with E-state index in [1.165, 1.54) is 12.8 Å². The summed E-state index contributed by atoms with van der Waals surface area (Å²) in [5.41, 5.74) is 0.812. The summed E-state index contributed by atoms with van der Waals surface area (Å²) in [6, 6.07) is 2.47. The number of carbonyl (C=O) groups excluding carboxylic acids is 1. The maximum absolute atomic E-state index is 12.6. The molecule has 2 aliphatic rings. The normalized spacial score (nSPS) is 19.7. The summed E-state index contributed by atoms with van der Waals surface area (Å²) in [7, 11) is 1.91. The van der Waals surface area contributed by atoms with E-state index >= 15 is 0 Å². The highest BCUT2D eigenvalue weighted by atomic mass is 79.9. The van der Waals surface area contributed by atoms with Crippen molar-refractivity contribution < 1.29 is 4.79 Å². The number of halogens is 1. The smallest absolute Gasteiger partial charge is 0.270 e. The van der Waals surface area contributed by atoms with E-state index in [2.05, 4.69) is 30.7 Å². The van der Waals surface area contributed by atoms with Gasteiger partial charge in [0.1, 0.15) is 5.69 Å². The predicted octanol–water partition coefficient (Wildman–Crippen LogP) is 1.56. The molecule has 0 unspecified atom stereocenters. The summed E-state index contributed by atoms with van der Waals surface area (Å²) in [6.07, 6.45) is 4.41. The van der Waals surface area contributed by atoms with Crippen molar-refractivity contribution in [3.8, 4) is 0 Å². The van der Waals surface area contributed by atoms with Crippen molar-refractivity contribution >= 4 is 21.8 Å². The van der Waals surface area contributed by atoms with Gasteiger partial charge in [0, 0.05) is 63.0 Å². The van der Waals surface area contributed by atoms with E-state index in [-0.39, 0.29) is 5.91 Å². The van der Waals surface area contributed by atoms with Crippen LogP contribution in [0.1, 0.15) is 29.4 Å². The second-order valence-electron chi connectivity index (χ2n) is 6.00. The number of likely N-dealkylation sites (N-methyl/N-ethyl adjacent to an activating group) is 1. The van der Waals surface area contributed by atoms with Crippen LogP contribution in [-0.2, 0) is 0 Å². The first-order chi connectivity index (χ1) is 10.1. The zero-order valence-corrected chi connectivity index (χ0v) is 14.1. The van der Waals surface area contributed by atoms with Gasteiger partial charge in [-0.2, -0.15) is 0 Å².